The number of phenolic OH excluding ortho intramolecular Hbond substituents is 1. The highest BCUT2D eigenvalue weighted by molar-refractivity contribution is 5.96. The van der Waals surface area contributed by atoms with Gasteiger partial charge < -0.3 is 59.9 Å². The third kappa shape index (κ3) is 12.6. The number of rotatable bonds is 11. The second-order valence-corrected chi connectivity index (χ2v) is 17.0. The van der Waals surface area contributed by atoms with Crippen molar-refractivity contribution in [1.29, 1.82) is 0 Å². The SMILES string of the molecule is COc1ccc(C(NC(=O)C[C@H]2NC(=O)[C@@H](NC(=O)OC(C)(C)C)[C@@H](O)c3ccc(c([N+](=O)[O-])c3)Oc3cc(cc(O)c3OC)[C@H](C(=O)OC(C)(C)C)NC2=O)c2ccc(OC)cc2)cc1. The van der Waals surface area contributed by atoms with E-state index in [0.29, 0.717) is 22.6 Å². The first-order chi connectivity index (χ1) is 31.0. The fraction of sp³-hybridized carbons (Fsp3) is 0.370. The number of alkyl carbamates (subject to hydrolysis) is 1. The summed E-state index contributed by atoms with van der Waals surface area (Å²) in [6.45, 7) is 9.30. The van der Waals surface area contributed by atoms with Crippen LogP contribution in [0, 0.1) is 10.1 Å². The Balaban J connectivity index is 1.67. The molecule has 0 aliphatic carbocycles. The highest BCUT2D eigenvalue weighted by atomic mass is 16.6. The maximum Gasteiger partial charge on any atom is 0.408 e. The molecule has 4 atom stereocenters. The number of benzene rings is 4. The van der Waals surface area contributed by atoms with Crippen molar-refractivity contribution in [2.24, 2.45) is 0 Å². The quantitative estimate of drug-likeness (QED) is 0.0630. The van der Waals surface area contributed by atoms with Gasteiger partial charge in [-0.05, 0) is 106 Å². The van der Waals surface area contributed by atoms with Crippen molar-refractivity contribution < 1.29 is 67.5 Å². The van der Waals surface area contributed by atoms with Crippen molar-refractivity contribution in [3.05, 3.63) is 111 Å². The predicted octanol–water partition coefficient (Wildman–Crippen LogP) is 5.34. The molecular formula is C46H53N5O15. The van der Waals surface area contributed by atoms with Gasteiger partial charge in [-0.3, -0.25) is 24.5 Å². The molecule has 4 bridgehead atoms. The summed E-state index contributed by atoms with van der Waals surface area (Å²) in [6, 6.07) is 12.4. The summed E-state index contributed by atoms with van der Waals surface area (Å²) in [6.07, 6.45) is -4.08. The number of hydrogen-bond donors (Lipinski definition) is 6. The third-order valence-electron chi connectivity index (χ3n) is 9.76. The van der Waals surface area contributed by atoms with E-state index < -0.39 is 99.8 Å². The number of nitrogens with zero attached hydrogens (tertiary/aromatic N) is 1. The second-order valence-electron chi connectivity index (χ2n) is 17.0. The van der Waals surface area contributed by atoms with Crippen LogP contribution in [0.5, 0.6) is 34.5 Å². The zero-order chi connectivity index (χ0) is 48.7. The first-order valence-corrected chi connectivity index (χ1v) is 20.5. The standard InChI is InChI=1S/C46H53N5O15/c1-45(2,3)65-43(57)37-27-21-32(52)40(63-9)34(22-27)64-33-19-14-26(20-31(33)51(59)60)39(54)38(50-44(58)66-46(4,5)6)42(56)47-30(41(55)49-37)23-35(53)48-36(24-10-15-28(61-7)16-11-24)25-12-17-29(62-8)18-13-25/h10-22,30,36-39,52,54H,23H2,1-9H3,(H,47,56)(H,48,53)(H,49,55)(H,50,58)/t30-,37-,38+,39+/m1/s1. The van der Waals surface area contributed by atoms with Crippen LogP contribution in [0.1, 0.15) is 88.4 Å². The van der Waals surface area contributed by atoms with E-state index in [1.807, 2.05) is 0 Å². The van der Waals surface area contributed by atoms with Gasteiger partial charge in [0.1, 0.15) is 40.9 Å². The number of carbonyl (C=O) groups excluding carboxylic acids is 5. The summed E-state index contributed by atoms with van der Waals surface area (Å²) in [4.78, 5) is 82.3. The summed E-state index contributed by atoms with van der Waals surface area (Å²) < 4.78 is 32.9. The molecule has 6 rings (SSSR count). The third-order valence-corrected chi connectivity index (χ3v) is 9.76. The Bertz CT molecular complexity index is 2400. The number of esters is 1. The Kier molecular flexibility index (Phi) is 15.3. The van der Waals surface area contributed by atoms with Crippen LogP contribution in [0.25, 0.3) is 0 Å². The maximum absolute atomic E-state index is 14.6. The van der Waals surface area contributed by atoms with Gasteiger partial charge in [0.15, 0.2) is 17.5 Å². The Labute approximate surface area is 380 Å². The van der Waals surface area contributed by atoms with Gasteiger partial charge in [-0.25, -0.2) is 9.59 Å². The summed E-state index contributed by atoms with van der Waals surface area (Å²) in [5, 5.41) is 45.5. The topological polar surface area (TPSA) is 272 Å². The first kappa shape index (κ1) is 49.4. The van der Waals surface area contributed by atoms with Crippen LogP contribution in [-0.4, -0.2) is 89.5 Å². The van der Waals surface area contributed by atoms with Gasteiger partial charge in [0.2, 0.25) is 29.2 Å². The van der Waals surface area contributed by atoms with Crippen LogP contribution in [0.3, 0.4) is 0 Å². The Morgan fingerprint density at radius 3 is 1.86 bits per heavy atom. The number of ether oxygens (including phenoxy) is 6. The minimum atomic E-state index is -2.07. The van der Waals surface area contributed by atoms with E-state index in [1.165, 1.54) is 33.5 Å². The molecule has 0 aromatic heterocycles. The van der Waals surface area contributed by atoms with E-state index >= 15 is 0 Å². The predicted molar refractivity (Wildman–Crippen MR) is 235 cm³/mol. The first-order valence-electron chi connectivity index (χ1n) is 20.5. The minimum absolute atomic E-state index is 0.175. The van der Waals surface area contributed by atoms with Gasteiger partial charge in [-0.15, -0.1) is 0 Å². The summed E-state index contributed by atoms with van der Waals surface area (Å²) in [7, 11) is 4.17. The smallest absolute Gasteiger partial charge is 0.408 e. The molecule has 0 saturated heterocycles. The zero-order valence-electron chi connectivity index (χ0n) is 37.7. The van der Waals surface area contributed by atoms with Crippen LogP contribution in [0.15, 0.2) is 78.9 Å². The van der Waals surface area contributed by atoms with Gasteiger partial charge >= 0.3 is 17.7 Å². The van der Waals surface area contributed by atoms with Crippen molar-refractivity contribution in [2.75, 3.05) is 21.3 Å². The Hall–Kier alpha value is -7.61. The average molecular weight is 916 g/mol. The van der Waals surface area contributed by atoms with Gasteiger partial charge in [-0.2, -0.15) is 0 Å². The molecule has 2 aliphatic heterocycles. The van der Waals surface area contributed by atoms with Crippen LogP contribution < -0.4 is 40.2 Å². The number of aliphatic hydroxyl groups is 1. The van der Waals surface area contributed by atoms with Gasteiger partial charge in [0.25, 0.3) is 0 Å². The average Bonchev–Trinajstić information content (AvgIpc) is 3.24. The van der Waals surface area contributed by atoms with Crippen LogP contribution in [0.2, 0.25) is 0 Å². The molecule has 0 radical (unpaired) electrons. The molecule has 0 saturated carbocycles. The summed E-state index contributed by atoms with van der Waals surface area (Å²) in [5.41, 5.74) is -2.25. The Morgan fingerprint density at radius 2 is 1.35 bits per heavy atom. The molecule has 2 aliphatic rings. The van der Waals surface area contributed by atoms with Gasteiger partial charge in [0.05, 0.1) is 38.7 Å². The fourth-order valence-electron chi connectivity index (χ4n) is 6.75. The van der Waals surface area contributed by atoms with E-state index in [-0.39, 0.29) is 22.6 Å². The summed E-state index contributed by atoms with van der Waals surface area (Å²) >= 11 is 0. The van der Waals surface area contributed by atoms with Crippen LogP contribution >= 0.6 is 0 Å². The van der Waals surface area contributed by atoms with Gasteiger partial charge in [0, 0.05) is 6.07 Å². The molecule has 20 nitrogen and oxygen atoms in total. The number of aromatic hydroxyl groups is 1. The molecule has 66 heavy (non-hydrogen) atoms. The monoisotopic (exact) mass is 915 g/mol. The second kappa shape index (κ2) is 20.5. The van der Waals surface area contributed by atoms with E-state index in [0.717, 1.165) is 18.2 Å². The molecule has 4 aromatic carbocycles. The molecular weight excluding hydrogens is 863 g/mol. The Morgan fingerprint density at radius 1 is 0.773 bits per heavy atom. The molecule has 4 amide bonds. The molecule has 6 N–H and O–H groups in total. The van der Waals surface area contributed by atoms with Crippen LogP contribution in [0.4, 0.5) is 10.5 Å². The number of nitro groups is 1. The normalized spacial score (nSPS) is 17.6. The maximum atomic E-state index is 14.6. The van der Waals surface area contributed by atoms with E-state index in [4.69, 9.17) is 28.4 Å². The summed E-state index contributed by atoms with van der Waals surface area (Å²) in [5.74, 6) is -4.94. The lowest BCUT2D eigenvalue weighted by Gasteiger charge is -2.30. The molecule has 20 heteroatoms. The number of nitro benzene ring substituents is 1. The van der Waals surface area contributed by atoms with E-state index in [9.17, 15) is 44.3 Å². The van der Waals surface area contributed by atoms with Crippen LogP contribution in [-0.2, 0) is 28.7 Å². The molecule has 4 aromatic rings. The van der Waals surface area contributed by atoms with E-state index in [1.54, 1.807) is 90.1 Å². The number of aliphatic hydroxyl groups excluding tert-OH is 1. The fourth-order valence-corrected chi connectivity index (χ4v) is 6.75. The lowest BCUT2D eigenvalue weighted by molar-refractivity contribution is -0.385. The van der Waals surface area contributed by atoms with Crippen molar-refractivity contribution in [1.82, 2.24) is 21.3 Å². The lowest BCUT2D eigenvalue weighted by atomic mass is 9.97. The molecule has 0 unspecified atom stereocenters. The van der Waals surface area contributed by atoms with Gasteiger partial charge in [-0.1, -0.05) is 30.3 Å². The number of fused-ring (bicyclic) bond motifs is 9. The number of nitrogens with one attached hydrogen (secondary N) is 4. The van der Waals surface area contributed by atoms with Crippen molar-refractivity contribution >= 4 is 35.5 Å². The van der Waals surface area contributed by atoms with Crippen molar-refractivity contribution in [2.45, 2.75) is 89.4 Å². The molecule has 2 heterocycles. The zero-order valence-corrected chi connectivity index (χ0v) is 37.7. The minimum Gasteiger partial charge on any atom is -0.504 e. The van der Waals surface area contributed by atoms with Crippen molar-refractivity contribution in [3.63, 3.8) is 0 Å². The highest BCUT2D eigenvalue weighted by Crippen LogP contribution is 2.44. The number of methoxy groups -OCH3 is 3. The van der Waals surface area contributed by atoms with Crippen molar-refractivity contribution in [3.8, 4) is 34.5 Å². The largest absolute Gasteiger partial charge is 0.504 e. The molecule has 0 fully saturated rings. The highest BCUT2D eigenvalue weighted by Gasteiger charge is 2.39. The number of hydrogen-bond acceptors (Lipinski definition) is 15. The number of carbonyl (C=O) groups is 5. The molecule has 352 valence electrons. The number of phenols is 1. The van der Waals surface area contributed by atoms with E-state index in [2.05, 4.69) is 21.3 Å². The lowest BCUT2D eigenvalue weighted by Crippen LogP contribution is -2.57. The number of amides is 4. The molecule has 0 spiro atoms.